The molecule has 1 saturated carbocycles. The van der Waals surface area contributed by atoms with Gasteiger partial charge in [0.15, 0.2) is 11.7 Å². The van der Waals surface area contributed by atoms with Crippen molar-refractivity contribution in [2.24, 2.45) is 17.3 Å². The van der Waals surface area contributed by atoms with Crippen molar-refractivity contribution in [2.75, 3.05) is 6.61 Å². The maximum Gasteiger partial charge on any atom is 0.312 e. The van der Waals surface area contributed by atoms with E-state index in [1.54, 1.807) is 6.92 Å². The maximum atomic E-state index is 13.0. The molecule has 1 N–H and O–H groups in total. The lowest BCUT2D eigenvalue weighted by atomic mass is 9.52. The molecule has 2 heterocycles. The summed E-state index contributed by atoms with van der Waals surface area (Å²) in [6.07, 6.45) is -3.72. The lowest BCUT2D eigenvalue weighted by Gasteiger charge is -2.57. The average molecular weight is 599 g/mol. The first-order valence-electron chi connectivity index (χ1n) is 13.3. The van der Waals surface area contributed by atoms with Gasteiger partial charge in [0, 0.05) is 40.0 Å². The molecule has 0 aromatic rings. The number of carbonyl (C=O) groups excluding carboxylic acids is 5. The quantitative estimate of drug-likeness (QED) is 0.215. The second-order valence-corrected chi connectivity index (χ2v) is 11.9. The van der Waals surface area contributed by atoms with E-state index in [4.69, 9.17) is 40.0 Å². The molecule has 0 aromatic carbocycles. The number of fused-ring (bicyclic) bond motifs is 3. The van der Waals surface area contributed by atoms with Gasteiger partial charge in [0.25, 0.3) is 0 Å². The standard InChI is InChI=1S/C28H35ClO12/c1-12-8-9-19(38-15(4)31)26(7)21(27(11-36-27)10-18(37-14(3)30)22(26)39-16(5)32)24(40-17(6)33)28(35)13(2)25(34)41-23(28)20(12)29/h8-9,13,18-24,35H,1,10-11H2,2-7H3/b9-8-/t13-,18+,19-,20-,21+,22-,23+,24-,26+,27+,28+/m0/s1. The lowest BCUT2D eigenvalue weighted by Crippen LogP contribution is -2.72. The van der Waals surface area contributed by atoms with Gasteiger partial charge in [-0.2, -0.15) is 0 Å². The highest BCUT2D eigenvalue weighted by Crippen LogP contribution is 2.62. The summed E-state index contributed by atoms with van der Waals surface area (Å²) < 4.78 is 34.7. The number of alkyl halides is 1. The van der Waals surface area contributed by atoms with E-state index < -0.39 is 94.2 Å². The number of hydrogen-bond acceptors (Lipinski definition) is 12. The van der Waals surface area contributed by atoms with Crippen LogP contribution in [-0.4, -0.2) is 88.7 Å². The molecule has 0 bridgehead atoms. The zero-order chi connectivity index (χ0) is 30.7. The van der Waals surface area contributed by atoms with Crippen LogP contribution in [0.25, 0.3) is 0 Å². The highest BCUT2D eigenvalue weighted by atomic mass is 35.5. The third kappa shape index (κ3) is 5.14. The minimum atomic E-state index is -2.25. The van der Waals surface area contributed by atoms with Crippen LogP contribution >= 0.6 is 11.6 Å². The highest BCUT2D eigenvalue weighted by molar-refractivity contribution is 6.23. The predicted molar refractivity (Wildman–Crippen MR) is 139 cm³/mol. The number of esters is 5. The SMILES string of the molecule is C=C1/C=C\[C@H](OC(C)=O)[C@@]2(C)[C@@H](OC(C)=O)[C@H](OC(C)=O)C[C@@]3(CO3)[C@@H]2[C@H](OC(C)=O)[C@]2(O)[C@H](OC(=O)[C@@H]2C)[C@H]1Cl. The topological polar surface area (TPSA) is 164 Å². The molecule has 2 saturated heterocycles. The molecule has 2 aliphatic heterocycles. The molecule has 1 spiro atoms. The van der Waals surface area contributed by atoms with Gasteiger partial charge in [-0.3, -0.25) is 24.0 Å². The number of ether oxygens (including phenoxy) is 6. The number of aliphatic hydroxyl groups is 1. The predicted octanol–water partition coefficient (Wildman–Crippen LogP) is 1.53. The van der Waals surface area contributed by atoms with Crippen LogP contribution in [0.1, 0.15) is 48.0 Å². The summed E-state index contributed by atoms with van der Waals surface area (Å²) in [6, 6.07) is 0. The van der Waals surface area contributed by atoms with E-state index >= 15 is 0 Å². The minimum absolute atomic E-state index is 0.0278. The van der Waals surface area contributed by atoms with Gasteiger partial charge in [-0.25, -0.2) is 0 Å². The third-order valence-corrected chi connectivity index (χ3v) is 9.18. The van der Waals surface area contributed by atoms with E-state index in [1.165, 1.54) is 32.9 Å². The van der Waals surface area contributed by atoms with Gasteiger partial charge in [-0.15, -0.1) is 11.6 Å². The first-order chi connectivity index (χ1) is 19.0. The number of rotatable bonds is 4. The Kier molecular flexibility index (Phi) is 8.09. The largest absolute Gasteiger partial charge is 0.459 e. The molecule has 41 heavy (non-hydrogen) atoms. The van der Waals surface area contributed by atoms with E-state index in [1.807, 2.05) is 0 Å². The number of allylic oxidation sites excluding steroid dienone is 1. The number of hydrogen-bond donors (Lipinski definition) is 1. The van der Waals surface area contributed by atoms with E-state index in [2.05, 4.69) is 6.58 Å². The van der Waals surface area contributed by atoms with Crippen molar-refractivity contribution in [3.63, 3.8) is 0 Å². The Balaban J connectivity index is 2.09. The summed E-state index contributed by atoms with van der Waals surface area (Å²) in [7, 11) is 0. The molecule has 3 fully saturated rings. The van der Waals surface area contributed by atoms with E-state index in [0.717, 1.165) is 13.8 Å². The zero-order valence-electron chi connectivity index (χ0n) is 23.7. The molecule has 226 valence electrons. The minimum Gasteiger partial charge on any atom is -0.459 e. The monoisotopic (exact) mass is 598 g/mol. The van der Waals surface area contributed by atoms with E-state index in [0.29, 0.717) is 0 Å². The van der Waals surface area contributed by atoms with Gasteiger partial charge in [-0.05, 0) is 18.6 Å². The Morgan fingerprint density at radius 1 is 1.00 bits per heavy atom. The van der Waals surface area contributed by atoms with Crippen LogP contribution in [0.3, 0.4) is 0 Å². The van der Waals surface area contributed by atoms with Crippen molar-refractivity contribution < 1.29 is 57.5 Å². The fraction of sp³-hybridized carbons (Fsp3) is 0.679. The maximum absolute atomic E-state index is 13.0. The van der Waals surface area contributed by atoms with Gasteiger partial charge in [-0.1, -0.05) is 19.6 Å². The summed E-state index contributed by atoms with van der Waals surface area (Å²) in [4.78, 5) is 62.8. The Hall–Kier alpha value is -2.96. The van der Waals surface area contributed by atoms with Crippen molar-refractivity contribution >= 4 is 41.4 Å². The molecule has 0 radical (unpaired) electrons. The average Bonchev–Trinajstić information content (AvgIpc) is 3.57. The Bertz CT molecular complexity index is 1190. The van der Waals surface area contributed by atoms with Crippen molar-refractivity contribution in [1.82, 2.24) is 0 Å². The Labute approximate surface area is 242 Å². The number of carbonyl (C=O) groups is 5. The normalized spacial score (nSPS) is 44.0. The van der Waals surface area contributed by atoms with Crippen LogP contribution in [-0.2, 0) is 52.4 Å². The second kappa shape index (κ2) is 10.7. The second-order valence-electron chi connectivity index (χ2n) is 11.4. The summed E-state index contributed by atoms with van der Waals surface area (Å²) in [5.41, 5.74) is -4.90. The molecule has 11 atom stereocenters. The molecule has 13 heteroatoms. The van der Waals surface area contributed by atoms with Crippen molar-refractivity contribution in [2.45, 2.75) is 95.1 Å². The zero-order valence-corrected chi connectivity index (χ0v) is 24.5. The van der Waals surface area contributed by atoms with E-state index in [-0.39, 0.29) is 18.6 Å². The molecule has 0 aromatic heterocycles. The fourth-order valence-electron chi connectivity index (χ4n) is 6.87. The van der Waals surface area contributed by atoms with Crippen LogP contribution < -0.4 is 0 Å². The van der Waals surface area contributed by atoms with Crippen LogP contribution in [0.5, 0.6) is 0 Å². The fourth-order valence-corrected chi connectivity index (χ4v) is 7.19. The molecule has 4 aliphatic rings. The molecular formula is C28H35ClO12. The summed E-state index contributed by atoms with van der Waals surface area (Å²) in [5, 5.41) is 11.3. The summed E-state index contributed by atoms with van der Waals surface area (Å²) in [5.74, 6) is -6.07. The number of epoxide rings is 1. The van der Waals surface area contributed by atoms with Crippen molar-refractivity contribution in [3.8, 4) is 0 Å². The molecule has 0 amide bonds. The summed E-state index contributed by atoms with van der Waals surface area (Å²) >= 11 is 6.73. The Morgan fingerprint density at radius 2 is 1.54 bits per heavy atom. The van der Waals surface area contributed by atoms with Crippen molar-refractivity contribution in [1.29, 1.82) is 0 Å². The lowest BCUT2D eigenvalue weighted by molar-refractivity contribution is -0.257. The molecular weight excluding hydrogens is 564 g/mol. The third-order valence-electron chi connectivity index (χ3n) is 8.67. The smallest absolute Gasteiger partial charge is 0.312 e. The van der Waals surface area contributed by atoms with Gasteiger partial charge in [0.05, 0.1) is 23.3 Å². The molecule has 12 nitrogen and oxygen atoms in total. The van der Waals surface area contributed by atoms with Crippen LogP contribution in [0.15, 0.2) is 24.3 Å². The highest BCUT2D eigenvalue weighted by Gasteiger charge is 2.77. The van der Waals surface area contributed by atoms with Crippen LogP contribution in [0, 0.1) is 17.3 Å². The first-order valence-corrected chi connectivity index (χ1v) is 13.7. The van der Waals surface area contributed by atoms with Crippen LogP contribution in [0.4, 0.5) is 0 Å². The molecule has 2 aliphatic carbocycles. The first kappa shape index (κ1) is 31.0. The van der Waals surface area contributed by atoms with Gasteiger partial charge in [0.1, 0.15) is 30.0 Å². The van der Waals surface area contributed by atoms with Gasteiger partial charge < -0.3 is 33.5 Å². The molecule has 0 unspecified atom stereocenters. The molecule has 4 rings (SSSR count). The van der Waals surface area contributed by atoms with Crippen molar-refractivity contribution in [3.05, 3.63) is 24.3 Å². The number of halogens is 1. The van der Waals surface area contributed by atoms with E-state index in [9.17, 15) is 29.1 Å². The van der Waals surface area contributed by atoms with Gasteiger partial charge >= 0.3 is 29.8 Å². The summed E-state index contributed by atoms with van der Waals surface area (Å²) in [6.45, 7) is 11.7. The van der Waals surface area contributed by atoms with Crippen LogP contribution in [0.2, 0.25) is 0 Å². The Morgan fingerprint density at radius 3 is 2.05 bits per heavy atom. The van der Waals surface area contributed by atoms with Gasteiger partial charge in [0.2, 0.25) is 0 Å².